The standard InChI is InChI=1S/C20H21N5O3/c1-14(2)28-18-9-7-15(11-19(18)27-3)8-10-20(26)22-16-5-4-6-17(12-16)25-13-21-23-24-25/h4-14H,1-3H3,(H,22,26). The van der Waals surface area contributed by atoms with Crippen LogP contribution in [0.5, 0.6) is 11.5 Å². The molecule has 3 rings (SSSR count). The van der Waals surface area contributed by atoms with Gasteiger partial charge < -0.3 is 14.8 Å². The fraction of sp³-hybridized carbons (Fsp3) is 0.200. The summed E-state index contributed by atoms with van der Waals surface area (Å²) in [6, 6.07) is 12.7. The van der Waals surface area contributed by atoms with E-state index < -0.39 is 0 Å². The second kappa shape index (κ2) is 8.81. The van der Waals surface area contributed by atoms with Gasteiger partial charge in [0.15, 0.2) is 11.5 Å². The van der Waals surface area contributed by atoms with Crippen LogP contribution in [-0.2, 0) is 4.79 Å². The molecule has 0 fully saturated rings. The third kappa shape index (κ3) is 4.94. The van der Waals surface area contributed by atoms with Crippen LogP contribution in [0.15, 0.2) is 54.9 Å². The van der Waals surface area contributed by atoms with Crippen molar-refractivity contribution in [2.24, 2.45) is 0 Å². The van der Waals surface area contributed by atoms with Gasteiger partial charge in [-0.1, -0.05) is 12.1 Å². The molecule has 0 aliphatic heterocycles. The molecule has 0 bridgehead atoms. The number of tetrazole rings is 1. The van der Waals surface area contributed by atoms with Crippen LogP contribution in [0, 0.1) is 0 Å². The fourth-order valence-corrected chi connectivity index (χ4v) is 2.50. The van der Waals surface area contributed by atoms with Gasteiger partial charge >= 0.3 is 0 Å². The van der Waals surface area contributed by atoms with E-state index in [1.54, 1.807) is 25.3 Å². The molecule has 28 heavy (non-hydrogen) atoms. The minimum absolute atomic E-state index is 0.0464. The monoisotopic (exact) mass is 379 g/mol. The molecule has 0 saturated carbocycles. The second-order valence-corrected chi connectivity index (χ2v) is 6.20. The van der Waals surface area contributed by atoms with Gasteiger partial charge in [-0.2, -0.15) is 0 Å². The smallest absolute Gasteiger partial charge is 0.248 e. The number of ether oxygens (including phenoxy) is 2. The Morgan fingerprint density at radius 1 is 1.18 bits per heavy atom. The summed E-state index contributed by atoms with van der Waals surface area (Å²) in [5, 5.41) is 13.9. The van der Waals surface area contributed by atoms with Gasteiger partial charge in [-0.3, -0.25) is 4.79 Å². The number of aromatic nitrogens is 4. The van der Waals surface area contributed by atoms with E-state index >= 15 is 0 Å². The first kappa shape index (κ1) is 19.1. The molecule has 2 aromatic carbocycles. The first-order valence-corrected chi connectivity index (χ1v) is 8.72. The van der Waals surface area contributed by atoms with Crippen LogP contribution in [0.1, 0.15) is 19.4 Å². The van der Waals surface area contributed by atoms with Gasteiger partial charge in [-0.25, -0.2) is 4.68 Å². The Bertz CT molecular complexity index is 968. The Labute approximate surface area is 162 Å². The van der Waals surface area contributed by atoms with Gasteiger partial charge in [0.2, 0.25) is 5.91 Å². The van der Waals surface area contributed by atoms with Crippen molar-refractivity contribution >= 4 is 17.7 Å². The number of hydrogen-bond acceptors (Lipinski definition) is 6. The number of benzene rings is 2. The topological polar surface area (TPSA) is 91.2 Å². The molecule has 1 amide bonds. The van der Waals surface area contributed by atoms with Crippen molar-refractivity contribution in [3.05, 3.63) is 60.4 Å². The van der Waals surface area contributed by atoms with Gasteiger partial charge in [-0.15, -0.1) is 5.10 Å². The summed E-state index contributed by atoms with van der Waals surface area (Å²) in [7, 11) is 1.58. The van der Waals surface area contributed by atoms with E-state index in [9.17, 15) is 4.79 Å². The second-order valence-electron chi connectivity index (χ2n) is 6.20. The Hall–Kier alpha value is -3.68. The van der Waals surface area contributed by atoms with E-state index in [-0.39, 0.29) is 12.0 Å². The molecule has 8 nitrogen and oxygen atoms in total. The maximum atomic E-state index is 12.2. The molecular formula is C20H21N5O3. The number of anilines is 1. The first-order chi connectivity index (χ1) is 13.5. The molecule has 0 aliphatic rings. The molecule has 0 saturated heterocycles. The Morgan fingerprint density at radius 2 is 2.04 bits per heavy atom. The highest BCUT2D eigenvalue weighted by Gasteiger charge is 2.07. The maximum Gasteiger partial charge on any atom is 0.248 e. The number of methoxy groups -OCH3 is 1. The molecule has 1 aromatic heterocycles. The number of rotatable bonds is 7. The molecule has 144 valence electrons. The van der Waals surface area contributed by atoms with Crippen LogP contribution >= 0.6 is 0 Å². The molecule has 1 N–H and O–H groups in total. The predicted octanol–water partition coefficient (Wildman–Crippen LogP) is 3.11. The van der Waals surface area contributed by atoms with Gasteiger partial charge in [0, 0.05) is 11.8 Å². The van der Waals surface area contributed by atoms with Crippen molar-refractivity contribution in [3.8, 4) is 17.2 Å². The van der Waals surface area contributed by atoms with Gasteiger partial charge in [0.25, 0.3) is 0 Å². The minimum Gasteiger partial charge on any atom is -0.493 e. The lowest BCUT2D eigenvalue weighted by molar-refractivity contribution is -0.111. The van der Waals surface area contributed by atoms with E-state index in [1.165, 1.54) is 17.1 Å². The summed E-state index contributed by atoms with van der Waals surface area (Å²) in [5.41, 5.74) is 2.21. The average Bonchev–Trinajstić information content (AvgIpc) is 3.22. The summed E-state index contributed by atoms with van der Waals surface area (Å²) >= 11 is 0. The number of carbonyl (C=O) groups excluding carboxylic acids is 1. The minimum atomic E-state index is -0.254. The molecule has 3 aromatic rings. The van der Waals surface area contributed by atoms with Crippen LogP contribution < -0.4 is 14.8 Å². The van der Waals surface area contributed by atoms with Crippen molar-refractivity contribution < 1.29 is 14.3 Å². The van der Waals surface area contributed by atoms with E-state index in [0.717, 1.165) is 11.3 Å². The van der Waals surface area contributed by atoms with Crippen molar-refractivity contribution in [2.45, 2.75) is 20.0 Å². The lowest BCUT2D eigenvalue weighted by Gasteiger charge is -2.13. The zero-order chi connectivity index (χ0) is 19.9. The molecule has 0 unspecified atom stereocenters. The van der Waals surface area contributed by atoms with E-state index in [1.807, 2.05) is 44.2 Å². The van der Waals surface area contributed by atoms with Crippen molar-refractivity contribution in [3.63, 3.8) is 0 Å². The molecular weight excluding hydrogens is 358 g/mol. The summed E-state index contributed by atoms with van der Waals surface area (Å²) in [6.07, 6.45) is 4.70. The van der Waals surface area contributed by atoms with Crippen molar-refractivity contribution in [2.75, 3.05) is 12.4 Å². The zero-order valence-corrected chi connectivity index (χ0v) is 15.9. The lowest BCUT2D eigenvalue weighted by Crippen LogP contribution is -2.08. The van der Waals surface area contributed by atoms with Crippen LogP contribution in [0.4, 0.5) is 5.69 Å². The molecule has 1 heterocycles. The van der Waals surface area contributed by atoms with Crippen LogP contribution in [0.25, 0.3) is 11.8 Å². The zero-order valence-electron chi connectivity index (χ0n) is 15.9. The number of nitrogens with one attached hydrogen (secondary N) is 1. The van der Waals surface area contributed by atoms with Crippen LogP contribution in [-0.4, -0.2) is 39.3 Å². The first-order valence-electron chi connectivity index (χ1n) is 8.72. The Kier molecular flexibility index (Phi) is 6.01. The van der Waals surface area contributed by atoms with E-state index in [2.05, 4.69) is 20.8 Å². The van der Waals surface area contributed by atoms with Crippen LogP contribution in [0.3, 0.4) is 0 Å². The Morgan fingerprint density at radius 3 is 2.75 bits per heavy atom. The summed E-state index contributed by atoms with van der Waals surface area (Å²) in [4.78, 5) is 12.2. The lowest BCUT2D eigenvalue weighted by atomic mass is 10.2. The normalized spacial score (nSPS) is 11.0. The maximum absolute atomic E-state index is 12.2. The number of hydrogen-bond donors (Lipinski definition) is 1. The quantitative estimate of drug-likeness (QED) is 0.634. The summed E-state index contributed by atoms with van der Waals surface area (Å²) in [6.45, 7) is 3.90. The van der Waals surface area contributed by atoms with Gasteiger partial charge in [0.05, 0.1) is 18.9 Å². The van der Waals surface area contributed by atoms with Crippen molar-refractivity contribution in [1.82, 2.24) is 20.2 Å². The third-order valence-corrected chi connectivity index (χ3v) is 3.70. The number of carbonyl (C=O) groups is 1. The highest BCUT2D eigenvalue weighted by Crippen LogP contribution is 2.29. The van der Waals surface area contributed by atoms with Crippen molar-refractivity contribution in [1.29, 1.82) is 0 Å². The van der Waals surface area contributed by atoms with Crippen LogP contribution in [0.2, 0.25) is 0 Å². The summed E-state index contributed by atoms with van der Waals surface area (Å²) < 4.78 is 12.6. The molecule has 0 radical (unpaired) electrons. The fourth-order valence-electron chi connectivity index (χ4n) is 2.50. The third-order valence-electron chi connectivity index (χ3n) is 3.70. The van der Waals surface area contributed by atoms with Gasteiger partial charge in [-0.05, 0) is 66.2 Å². The summed E-state index contributed by atoms with van der Waals surface area (Å²) in [5.74, 6) is 1.03. The highest BCUT2D eigenvalue weighted by atomic mass is 16.5. The number of amides is 1. The SMILES string of the molecule is COc1cc(C=CC(=O)Nc2cccc(-n3cnnn3)c2)ccc1OC(C)C. The number of nitrogens with zero attached hydrogens (tertiary/aromatic N) is 4. The molecule has 8 heteroatoms. The Balaban J connectivity index is 1.68. The molecule has 0 aliphatic carbocycles. The molecule has 0 spiro atoms. The highest BCUT2D eigenvalue weighted by molar-refractivity contribution is 6.02. The van der Waals surface area contributed by atoms with E-state index in [0.29, 0.717) is 17.2 Å². The average molecular weight is 379 g/mol. The van der Waals surface area contributed by atoms with Gasteiger partial charge in [0.1, 0.15) is 6.33 Å². The largest absolute Gasteiger partial charge is 0.493 e. The predicted molar refractivity (Wildman–Crippen MR) is 106 cm³/mol. The molecule has 0 atom stereocenters. The van der Waals surface area contributed by atoms with E-state index in [4.69, 9.17) is 9.47 Å².